The third-order valence-corrected chi connectivity index (χ3v) is 6.48. The minimum atomic E-state index is -3.56. The van der Waals surface area contributed by atoms with Gasteiger partial charge in [-0.2, -0.15) is 0 Å². The summed E-state index contributed by atoms with van der Waals surface area (Å²) in [5.74, 6) is -0.0628. The molecule has 1 N–H and O–H groups in total. The van der Waals surface area contributed by atoms with E-state index in [1.165, 1.54) is 0 Å². The van der Waals surface area contributed by atoms with E-state index in [1.54, 1.807) is 35.2 Å². The molecular formula is C21H26N2O3S. The maximum Gasteiger partial charge on any atom is 0.258 e. The Bertz CT molecular complexity index is 926. The van der Waals surface area contributed by atoms with Crippen molar-refractivity contribution < 1.29 is 13.2 Å². The summed E-state index contributed by atoms with van der Waals surface area (Å²) in [6.45, 7) is 5.88. The zero-order chi connectivity index (χ0) is 19.6. The lowest BCUT2D eigenvalue weighted by molar-refractivity contribution is 0.0981. The highest BCUT2D eigenvalue weighted by Gasteiger charge is 2.32. The molecule has 2 aromatic rings. The van der Waals surface area contributed by atoms with Crippen LogP contribution in [-0.2, 0) is 16.4 Å². The lowest BCUT2D eigenvalue weighted by Gasteiger charge is -2.23. The first-order valence-electron chi connectivity index (χ1n) is 9.37. The van der Waals surface area contributed by atoms with Crippen molar-refractivity contribution in [3.05, 3.63) is 59.7 Å². The number of benzene rings is 2. The van der Waals surface area contributed by atoms with Gasteiger partial charge in [-0.15, -0.1) is 0 Å². The number of anilines is 1. The summed E-state index contributed by atoms with van der Waals surface area (Å²) in [5.41, 5.74) is 2.30. The Balaban J connectivity index is 1.89. The number of carbonyl (C=O) groups excluding carboxylic acids is 1. The normalized spacial score (nSPS) is 17.6. The molecule has 0 fully saturated rings. The van der Waals surface area contributed by atoms with Gasteiger partial charge in [0, 0.05) is 23.3 Å². The summed E-state index contributed by atoms with van der Waals surface area (Å²) in [6.07, 6.45) is 2.35. The Hall–Kier alpha value is -2.18. The average Bonchev–Trinajstić information content (AvgIpc) is 2.96. The van der Waals surface area contributed by atoms with Gasteiger partial charge in [0.2, 0.25) is 10.0 Å². The van der Waals surface area contributed by atoms with Crippen LogP contribution >= 0.6 is 0 Å². The molecule has 27 heavy (non-hydrogen) atoms. The number of hydrogen-bond donors (Lipinski definition) is 1. The third kappa shape index (κ3) is 4.06. The van der Waals surface area contributed by atoms with E-state index in [-0.39, 0.29) is 22.9 Å². The third-order valence-electron chi connectivity index (χ3n) is 4.89. The van der Waals surface area contributed by atoms with E-state index in [0.29, 0.717) is 12.0 Å². The van der Waals surface area contributed by atoms with Crippen LogP contribution in [0.3, 0.4) is 0 Å². The van der Waals surface area contributed by atoms with Crippen LogP contribution in [0.4, 0.5) is 5.69 Å². The quantitative estimate of drug-likeness (QED) is 0.822. The highest BCUT2D eigenvalue weighted by Crippen LogP contribution is 2.35. The van der Waals surface area contributed by atoms with Crippen LogP contribution in [0.5, 0.6) is 0 Å². The van der Waals surface area contributed by atoms with E-state index in [2.05, 4.69) is 4.72 Å². The molecule has 0 aliphatic carbocycles. The lowest BCUT2D eigenvalue weighted by Crippen LogP contribution is -2.35. The smallest absolute Gasteiger partial charge is 0.258 e. The first-order chi connectivity index (χ1) is 12.8. The molecule has 144 valence electrons. The van der Waals surface area contributed by atoms with Crippen LogP contribution < -0.4 is 9.62 Å². The van der Waals surface area contributed by atoms with Crippen LogP contribution in [0.15, 0.2) is 53.4 Å². The van der Waals surface area contributed by atoms with E-state index in [4.69, 9.17) is 0 Å². The van der Waals surface area contributed by atoms with Gasteiger partial charge < -0.3 is 4.90 Å². The number of sulfonamides is 1. The monoisotopic (exact) mass is 386 g/mol. The Morgan fingerprint density at radius 3 is 2.59 bits per heavy atom. The summed E-state index contributed by atoms with van der Waals surface area (Å²) in [4.78, 5) is 14.9. The molecule has 3 rings (SSSR count). The predicted octanol–water partition coefficient (Wildman–Crippen LogP) is 3.74. The fourth-order valence-corrected chi connectivity index (χ4v) is 4.96. The summed E-state index contributed by atoms with van der Waals surface area (Å²) in [7, 11) is -3.56. The van der Waals surface area contributed by atoms with Crippen molar-refractivity contribution in [2.24, 2.45) is 0 Å². The summed E-state index contributed by atoms with van der Waals surface area (Å²) < 4.78 is 28.0. The first kappa shape index (κ1) is 19.6. The predicted molar refractivity (Wildman–Crippen MR) is 108 cm³/mol. The van der Waals surface area contributed by atoms with Crippen molar-refractivity contribution in [1.29, 1.82) is 0 Å². The number of amides is 1. The second-order valence-corrected chi connectivity index (χ2v) is 8.91. The molecule has 6 heteroatoms. The second kappa shape index (κ2) is 7.82. The molecule has 2 aromatic carbocycles. The van der Waals surface area contributed by atoms with E-state index >= 15 is 0 Å². The van der Waals surface area contributed by atoms with Crippen LogP contribution in [-0.4, -0.2) is 26.4 Å². The SMILES string of the molecule is CCC[C@H](C)NS(=O)(=O)c1ccc2c(c1)C[C@H](C)N2C(=O)c1ccccc1. The Labute approximate surface area is 161 Å². The Kier molecular flexibility index (Phi) is 5.67. The van der Waals surface area contributed by atoms with Crippen molar-refractivity contribution in [2.75, 3.05) is 4.90 Å². The molecule has 0 spiro atoms. The minimum absolute atomic E-state index is 0.0161. The van der Waals surface area contributed by atoms with Crippen molar-refractivity contribution in [1.82, 2.24) is 4.72 Å². The summed E-state index contributed by atoms with van der Waals surface area (Å²) in [6, 6.07) is 14.1. The topological polar surface area (TPSA) is 66.5 Å². The van der Waals surface area contributed by atoms with Gasteiger partial charge in [-0.1, -0.05) is 31.5 Å². The molecule has 2 atom stereocenters. The molecule has 0 aromatic heterocycles. The second-order valence-electron chi connectivity index (χ2n) is 7.20. The molecule has 1 heterocycles. The number of hydrogen-bond acceptors (Lipinski definition) is 3. The minimum Gasteiger partial charge on any atom is -0.305 e. The van der Waals surface area contributed by atoms with Crippen LogP contribution in [0, 0.1) is 0 Å². The number of fused-ring (bicyclic) bond motifs is 1. The van der Waals surface area contributed by atoms with Gasteiger partial charge in [0.1, 0.15) is 0 Å². The molecule has 5 nitrogen and oxygen atoms in total. The van der Waals surface area contributed by atoms with Crippen molar-refractivity contribution in [2.45, 2.75) is 57.0 Å². The van der Waals surface area contributed by atoms with Crippen LogP contribution in [0.1, 0.15) is 49.5 Å². The van der Waals surface area contributed by atoms with Crippen molar-refractivity contribution >= 4 is 21.6 Å². The molecule has 0 bridgehead atoms. The zero-order valence-corrected chi connectivity index (χ0v) is 16.8. The van der Waals surface area contributed by atoms with E-state index < -0.39 is 10.0 Å². The van der Waals surface area contributed by atoms with E-state index in [9.17, 15) is 13.2 Å². The van der Waals surface area contributed by atoms with Gasteiger partial charge in [0.25, 0.3) is 5.91 Å². The highest BCUT2D eigenvalue weighted by atomic mass is 32.2. The zero-order valence-electron chi connectivity index (χ0n) is 16.0. The number of carbonyl (C=O) groups is 1. The van der Waals surface area contributed by atoms with Gasteiger partial charge >= 0.3 is 0 Å². The molecule has 1 aliphatic heterocycles. The van der Waals surface area contributed by atoms with Gasteiger partial charge in [-0.25, -0.2) is 13.1 Å². The van der Waals surface area contributed by atoms with Gasteiger partial charge in [-0.3, -0.25) is 4.79 Å². The van der Waals surface area contributed by atoms with Crippen molar-refractivity contribution in [3.8, 4) is 0 Å². The largest absolute Gasteiger partial charge is 0.305 e. The molecule has 0 unspecified atom stereocenters. The van der Waals surface area contributed by atoms with Gasteiger partial charge in [0.15, 0.2) is 0 Å². The molecule has 1 aliphatic rings. The number of nitrogens with zero attached hydrogens (tertiary/aromatic N) is 1. The Morgan fingerprint density at radius 1 is 1.22 bits per heavy atom. The van der Waals surface area contributed by atoms with Gasteiger partial charge in [0.05, 0.1) is 4.90 Å². The maximum absolute atomic E-state index is 12.9. The number of rotatable bonds is 6. The summed E-state index contributed by atoms with van der Waals surface area (Å²) >= 11 is 0. The molecule has 0 radical (unpaired) electrons. The fourth-order valence-electron chi connectivity index (χ4n) is 3.63. The van der Waals surface area contributed by atoms with E-state index in [1.807, 2.05) is 39.0 Å². The molecule has 0 saturated heterocycles. The highest BCUT2D eigenvalue weighted by molar-refractivity contribution is 7.89. The Morgan fingerprint density at radius 2 is 1.93 bits per heavy atom. The lowest BCUT2D eigenvalue weighted by atomic mass is 10.1. The first-order valence-corrected chi connectivity index (χ1v) is 10.9. The molecule has 1 amide bonds. The van der Waals surface area contributed by atoms with Crippen LogP contribution in [0.2, 0.25) is 0 Å². The van der Waals surface area contributed by atoms with E-state index in [0.717, 1.165) is 24.1 Å². The summed E-state index contributed by atoms with van der Waals surface area (Å²) in [5, 5.41) is 0. The van der Waals surface area contributed by atoms with Crippen LogP contribution in [0.25, 0.3) is 0 Å². The molecule has 0 saturated carbocycles. The average molecular weight is 387 g/mol. The van der Waals surface area contributed by atoms with Gasteiger partial charge in [-0.05, 0) is 62.6 Å². The fraction of sp³-hybridized carbons (Fsp3) is 0.381. The standard InChI is InChI=1S/C21H26N2O3S/c1-4-8-15(2)22-27(25,26)19-11-12-20-18(14-19)13-16(3)23(20)21(24)17-9-6-5-7-10-17/h5-7,9-12,14-16,22H,4,8,13H2,1-3H3/t15-,16-/m0/s1. The van der Waals surface area contributed by atoms with Crippen molar-refractivity contribution in [3.63, 3.8) is 0 Å². The maximum atomic E-state index is 12.9. The molecular weight excluding hydrogens is 360 g/mol. The number of nitrogens with one attached hydrogen (secondary N) is 1.